The summed E-state index contributed by atoms with van der Waals surface area (Å²) in [5, 5.41) is 14.9. The highest BCUT2D eigenvalue weighted by Crippen LogP contribution is 2.39. The number of aromatic nitrogens is 1. The zero-order valence-electron chi connectivity index (χ0n) is 11.6. The van der Waals surface area contributed by atoms with E-state index in [0.717, 1.165) is 46.7 Å². The van der Waals surface area contributed by atoms with Crippen LogP contribution in [0, 0.1) is 5.41 Å². The van der Waals surface area contributed by atoms with Crippen molar-refractivity contribution in [3.8, 4) is 0 Å². The fourth-order valence-electron chi connectivity index (χ4n) is 3.08. The molecule has 1 aromatic heterocycles. The molecule has 0 radical (unpaired) electrons. The summed E-state index contributed by atoms with van der Waals surface area (Å²) in [6, 6.07) is 7.90. The van der Waals surface area contributed by atoms with Crippen LogP contribution in [0.5, 0.6) is 0 Å². The molecular formula is C16H17BrN2O2. The Bertz CT molecular complexity index is 681. The summed E-state index contributed by atoms with van der Waals surface area (Å²) in [7, 11) is 0. The second-order valence-corrected chi connectivity index (χ2v) is 6.49. The smallest absolute Gasteiger partial charge is 0.311 e. The third-order valence-corrected chi connectivity index (χ3v) is 5.05. The molecule has 2 aromatic rings. The zero-order valence-corrected chi connectivity index (χ0v) is 13.2. The summed E-state index contributed by atoms with van der Waals surface area (Å²) in [6.07, 6.45) is 5.20. The van der Waals surface area contributed by atoms with Crippen LogP contribution in [0.2, 0.25) is 0 Å². The van der Waals surface area contributed by atoms with Gasteiger partial charge in [-0.25, -0.2) is 4.98 Å². The summed E-state index contributed by atoms with van der Waals surface area (Å²) < 4.78 is 1.01. The molecule has 110 valence electrons. The van der Waals surface area contributed by atoms with Crippen LogP contribution in [0.25, 0.3) is 10.8 Å². The molecule has 1 aromatic carbocycles. The Labute approximate surface area is 131 Å². The lowest BCUT2D eigenvalue weighted by molar-refractivity contribution is -0.147. The first-order valence-electron chi connectivity index (χ1n) is 7.13. The van der Waals surface area contributed by atoms with Crippen LogP contribution in [-0.4, -0.2) is 22.6 Å². The Morgan fingerprint density at radius 3 is 2.76 bits per heavy atom. The van der Waals surface area contributed by atoms with E-state index < -0.39 is 11.4 Å². The predicted molar refractivity (Wildman–Crippen MR) is 86.5 cm³/mol. The minimum absolute atomic E-state index is 0.432. The van der Waals surface area contributed by atoms with Crippen LogP contribution >= 0.6 is 15.9 Å². The molecule has 0 atom stereocenters. The highest BCUT2D eigenvalue weighted by Gasteiger charge is 2.41. The molecule has 1 aliphatic carbocycles. The Balaban J connectivity index is 1.89. The molecule has 1 fully saturated rings. The third-order valence-electron chi connectivity index (χ3n) is 4.36. The summed E-state index contributed by atoms with van der Waals surface area (Å²) in [4.78, 5) is 16.0. The number of aliphatic carboxylic acids is 1. The van der Waals surface area contributed by atoms with Crippen LogP contribution in [0.15, 0.2) is 34.9 Å². The lowest BCUT2D eigenvalue weighted by Crippen LogP contribution is -2.35. The summed E-state index contributed by atoms with van der Waals surface area (Å²) in [5.41, 5.74) is -0.643. The number of nitrogens with zero attached hydrogens (tertiary/aromatic N) is 1. The molecule has 0 bridgehead atoms. The number of hydrogen-bond donors (Lipinski definition) is 2. The quantitative estimate of drug-likeness (QED) is 0.874. The lowest BCUT2D eigenvalue weighted by Gasteiger charge is -2.24. The van der Waals surface area contributed by atoms with Gasteiger partial charge in [0.2, 0.25) is 0 Å². The number of halogens is 1. The SMILES string of the molecule is O=C(O)C1(CNc2nccc3c(Br)cccc23)CCCC1. The molecule has 1 saturated carbocycles. The van der Waals surface area contributed by atoms with Crippen molar-refractivity contribution >= 4 is 38.5 Å². The molecule has 4 nitrogen and oxygen atoms in total. The molecule has 1 heterocycles. The number of benzene rings is 1. The number of carboxylic acid groups (broad SMARTS) is 1. The van der Waals surface area contributed by atoms with Crippen LogP contribution in [-0.2, 0) is 4.79 Å². The molecule has 2 N–H and O–H groups in total. The molecule has 0 amide bonds. The van der Waals surface area contributed by atoms with Crippen LogP contribution in [0.1, 0.15) is 25.7 Å². The van der Waals surface area contributed by atoms with E-state index in [1.54, 1.807) is 6.20 Å². The van der Waals surface area contributed by atoms with Crippen molar-refractivity contribution in [1.82, 2.24) is 4.98 Å². The van der Waals surface area contributed by atoms with Gasteiger partial charge in [-0.15, -0.1) is 0 Å². The number of anilines is 1. The van der Waals surface area contributed by atoms with Gasteiger partial charge in [-0.2, -0.15) is 0 Å². The van der Waals surface area contributed by atoms with Crippen molar-refractivity contribution in [1.29, 1.82) is 0 Å². The minimum Gasteiger partial charge on any atom is -0.481 e. The molecule has 0 aliphatic heterocycles. The van der Waals surface area contributed by atoms with Crippen molar-refractivity contribution in [3.05, 3.63) is 34.9 Å². The van der Waals surface area contributed by atoms with E-state index in [1.165, 1.54) is 0 Å². The van der Waals surface area contributed by atoms with E-state index >= 15 is 0 Å². The van der Waals surface area contributed by atoms with Gasteiger partial charge < -0.3 is 10.4 Å². The fourth-order valence-corrected chi connectivity index (χ4v) is 3.58. The first kappa shape index (κ1) is 14.3. The van der Waals surface area contributed by atoms with Crippen molar-refractivity contribution in [3.63, 3.8) is 0 Å². The number of rotatable bonds is 4. The van der Waals surface area contributed by atoms with Gasteiger partial charge in [-0.3, -0.25) is 4.79 Å². The average Bonchev–Trinajstić information content (AvgIpc) is 2.96. The average molecular weight is 349 g/mol. The summed E-state index contributed by atoms with van der Waals surface area (Å²) in [6.45, 7) is 0.432. The van der Waals surface area contributed by atoms with Gasteiger partial charge in [0.05, 0.1) is 5.41 Å². The second-order valence-electron chi connectivity index (χ2n) is 5.64. The standard InChI is InChI=1S/C16H17BrN2O2/c17-13-5-3-4-12-11(13)6-9-18-14(12)19-10-16(15(20)21)7-1-2-8-16/h3-6,9H,1-2,7-8,10H2,(H,18,19)(H,20,21). The van der Waals surface area contributed by atoms with E-state index in [0.29, 0.717) is 6.54 Å². The summed E-state index contributed by atoms with van der Waals surface area (Å²) in [5.74, 6) is 0.0512. The second kappa shape index (κ2) is 5.64. The number of hydrogen-bond acceptors (Lipinski definition) is 3. The Morgan fingerprint density at radius 1 is 1.29 bits per heavy atom. The lowest BCUT2D eigenvalue weighted by atomic mass is 9.86. The molecule has 0 saturated heterocycles. The zero-order chi connectivity index (χ0) is 14.9. The predicted octanol–water partition coefficient (Wildman–Crippen LogP) is 4.05. The fraction of sp³-hybridized carbons (Fsp3) is 0.375. The first-order valence-corrected chi connectivity index (χ1v) is 7.92. The van der Waals surface area contributed by atoms with Gasteiger partial charge in [-0.1, -0.05) is 40.9 Å². The minimum atomic E-state index is -0.700. The Hall–Kier alpha value is -1.62. The van der Waals surface area contributed by atoms with E-state index in [1.807, 2.05) is 24.3 Å². The van der Waals surface area contributed by atoms with Crippen molar-refractivity contribution in [2.45, 2.75) is 25.7 Å². The topological polar surface area (TPSA) is 62.2 Å². The number of carboxylic acids is 1. The molecule has 5 heteroatoms. The van der Waals surface area contributed by atoms with E-state index in [2.05, 4.69) is 26.2 Å². The number of fused-ring (bicyclic) bond motifs is 1. The molecular weight excluding hydrogens is 332 g/mol. The number of nitrogens with one attached hydrogen (secondary N) is 1. The maximum absolute atomic E-state index is 11.6. The van der Waals surface area contributed by atoms with Crippen molar-refractivity contribution in [2.75, 3.05) is 11.9 Å². The van der Waals surface area contributed by atoms with E-state index in [4.69, 9.17) is 0 Å². The summed E-state index contributed by atoms with van der Waals surface area (Å²) >= 11 is 3.53. The highest BCUT2D eigenvalue weighted by molar-refractivity contribution is 9.10. The number of carbonyl (C=O) groups is 1. The molecule has 0 spiro atoms. The first-order chi connectivity index (χ1) is 10.1. The van der Waals surface area contributed by atoms with Gasteiger partial charge in [0, 0.05) is 28.0 Å². The van der Waals surface area contributed by atoms with Crippen LogP contribution < -0.4 is 5.32 Å². The van der Waals surface area contributed by atoms with E-state index in [9.17, 15) is 9.90 Å². The van der Waals surface area contributed by atoms with Crippen LogP contribution in [0.4, 0.5) is 5.82 Å². The van der Waals surface area contributed by atoms with Gasteiger partial charge in [0.1, 0.15) is 5.82 Å². The maximum Gasteiger partial charge on any atom is 0.311 e. The van der Waals surface area contributed by atoms with Gasteiger partial charge >= 0.3 is 5.97 Å². The largest absolute Gasteiger partial charge is 0.481 e. The molecule has 3 rings (SSSR count). The van der Waals surface area contributed by atoms with Gasteiger partial charge in [-0.05, 0) is 25.0 Å². The monoisotopic (exact) mass is 348 g/mol. The highest BCUT2D eigenvalue weighted by atomic mass is 79.9. The molecule has 1 aliphatic rings. The van der Waals surface area contributed by atoms with Gasteiger partial charge in [0.25, 0.3) is 0 Å². The Kier molecular flexibility index (Phi) is 3.85. The van der Waals surface area contributed by atoms with Crippen molar-refractivity contribution < 1.29 is 9.90 Å². The number of pyridine rings is 1. The van der Waals surface area contributed by atoms with Crippen molar-refractivity contribution in [2.24, 2.45) is 5.41 Å². The van der Waals surface area contributed by atoms with E-state index in [-0.39, 0.29) is 0 Å². The normalized spacial score (nSPS) is 17.0. The van der Waals surface area contributed by atoms with Gasteiger partial charge in [0.15, 0.2) is 0 Å². The Morgan fingerprint density at radius 2 is 2.05 bits per heavy atom. The molecule has 21 heavy (non-hydrogen) atoms. The third kappa shape index (κ3) is 2.62. The molecule has 0 unspecified atom stereocenters. The maximum atomic E-state index is 11.6. The van der Waals surface area contributed by atoms with Crippen LogP contribution in [0.3, 0.4) is 0 Å².